The Hall–Kier alpha value is -2.38. The van der Waals surface area contributed by atoms with Crippen LogP contribution in [-0.4, -0.2) is 37.1 Å². The van der Waals surface area contributed by atoms with Crippen LogP contribution in [0.4, 0.5) is 8.78 Å². The van der Waals surface area contributed by atoms with Crippen LogP contribution in [0.1, 0.15) is 48.9 Å². The van der Waals surface area contributed by atoms with Crippen molar-refractivity contribution < 1.29 is 13.6 Å². The van der Waals surface area contributed by atoms with E-state index < -0.39 is 17.4 Å². The van der Waals surface area contributed by atoms with Crippen LogP contribution in [0.3, 0.4) is 0 Å². The number of hydrogen-bond acceptors (Lipinski definition) is 4. The van der Waals surface area contributed by atoms with Crippen molar-refractivity contribution in [3.8, 4) is 5.82 Å². The summed E-state index contributed by atoms with van der Waals surface area (Å²) in [6, 6.07) is 3.44. The van der Waals surface area contributed by atoms with Crippen LogP contribution >= 0.6 is 0 Å². The molecule has 1 atom stereocenters. The van der Waals surface area contributed by atoms with Crippen LogP contribution in [0.25, 0.3) is 5.82 Å². The molecule has 1 amide bonds. The summed E-state index contributed by atoms with van der Waals surface area (Å²) in [5.74, 6) is -2.92. The van der Waals surface area contributed by atoms with E-state index in [2.05, 4.69) is 20.4 Å². The van der Waals surface area contributed by atoms with Gasteiger partial charge in [-0.15, -0.1) is 0 Å². The zero-order chi connectivity index (χ0) is 17.4. The summed E-state index contributed by atoms with van der Waals surface area (Å²) in [4.78, 5) is 20.5. The number of carbonyl (C=O) groups is 1. The van der Waals surface area contributed by atoms with Crippen molar-refractivity contribution in [1.29, 1.82) is 0 Å². The summed E-state index contributed by atoms with van der Waals surface area (Å²) in [6.45, 7) is 3.48. The van der Waals surface area contributed by atoms with Gasteiger partial charge in [-0.3, -0.25) is 4.79 Å². The van der Waals surface area contributed by atoms with Gasteiger partial charge in [0.15, 0.2) is 5.82 Å². The van der Waals surface area contributed by atoms with Crippen LogP contribution in [0.15, 0.2) is 24.5 Å². The van der Waals surface area contributed by atoms with Gasteiger partial charge in [-0.05, 0) is 32.8 Å². The largest absolute Gasteiger partial charge is 0.344 e. The van der Waals surface area contributed by atoms with Gasteiger partial charge in [0.25, 0.3) is 5.91 Å². The lowest BCUT2D eigenvalue weighted by Gasteiger charge is -2.38. The molecule has 0 spiro atoms. The Morgan fingerprint density at radius 1 is 1.33 bits per heavy atom. The van der Waals surface area contributed by atoms with E-state index in [1.165, 1.54) is 10.9 Å². The number of alkyl halides is 2. The number of hydrogen-bond donors (Lipinski definition) is 1. The Bertz CT molecular complexity index is 760. The second-order valence-corrected chi connectivity index (χ2v) is 6.54. The fraction of sp³-hybridized carbons (Fsp3) is 0.500. The number of rotatable bonds is 3. The van der Waals surface area contributed by atoms with Crippen molar-refractivity contribution in [2.75, 3.05) is 0 Å². The van der Waals surface area contributed by atoms with E-state index in [-0.39, 0.29) is 18.7 Å². The molecule has 0 bridgehead atoms. The van der Waals surface area contributed by atoms with Crippen LogP contribution in [0.2, 0.25) is 0 Å². The molecule has 1 aliphatic rings. The Kier molecular flexibility index (Phi) is 4.06. The van der Waals surface area contributed by atoms with Crippen LogP contribution in [0.5, 0.6) is 0 Å². The van der Waals surface area contributed by atoms with Gasteiger partial charge in [0.05, 0.1) is 5.69 Å². The molecule has 1 saturated carbocycles. The first-order valence-electron chi connectivity index (χ1n) is 7.82. The van der Waals surface area contributed by atoms with Crippen molar-refractivity contribution in [2.45, 2.75) is 51.0 Å². The van der Waals surface area contributed by atoms with Gasteiger partial charge in [-0.2, -0.15) is 5.10 Å². The number of nitrogens with one attached hydrogen (secondary N) is 1. The van der Waals surface area contributed by atoms with Crippen LogP contribution in [-0.2, 0) is 0 Å². The number of amides is 1. The highest BCUT2D eigenvalue weighted by molar-refractivity contribution is 5.91. The highest BCUT2D eigenvalue weighted by atomic mass is 19.3. The second kappa shape index (κ2) is 5.92. The Balaban J connectivity index is 1.78. The molecule has 1 fully saturated rings. The van der Waals surface area contributed by atoms with Gasteiger partial charge >= 0.3 is 0 Å². The van der Waals surface area contributed by atoms with Gasteiger partial charge in [0, 0.05) is 36.8 Å². The lowest BCUT2D eigenvalue weighted by molar-refractivity contribution is -0.0612. The predicted octanol–water partition coefficient (Wildman–Crippen LogP) is 2.67. The Morgan fingerprint density at radius 3 is 2.79 bits per heavy atom. The smallest absolute Gasteiger partial charge is 0.289 e. The number of aromatic nitrogens is 4. The average molecular weight is 335 g/mol. The maximum Gasteiger partial charge on any atom is 0.289 e. The van der Waals surface area contributed by atoms with Crippen LogP contribution < -0.4 is 5.32 Å². The molecule has 1 aliphatic carbocycles. The van der Waals surface area contributed by atoms with E-state index in [0.717, 1.165) is 5.69 Å². The molecule has 2 aromatic rings. The SMILES string of the molecule is Cc1ccn(-c2ccnc(C(=O)NC3(C)CCCC(F)(F)C3)n2)n1. The normalized spacial score (nSPS) is 23.0. The van der Waals surface area contributed by atoms with E-state index in [1.54, 1.807) is 19.2 Å². The monoisotopic (exact) mass is 335 g/mol. The van der Waals surface area contributed by atoms with Crippen molar-refractivity contribution in [3.05, 3.63) is 36.0 Å². The first-order chi connectivity index (χ1) is 11.3. The third-order valence-electron chi connectivity index (χ3n) is 4.14. The van der Waals surface area contributed by atoms with Gasteiger partial charge < -0.3 is 5.32 Å². The van der Waals surface area contributed by atoms with E-state index in [9.17, 15) is 13.6 Å². The molecule has 8 heteroatoms. The van der Waals surface area contributed by atoms with E-state index in [1.807, 2.05) is 13.0 Å². The first kappa shape index (κ1) is 16.5. The highest BCUT2D eigenvalue weighted by Gasteiger charge is 2.44. The molecule has 0 radical (unpaired) electrons. The zero-order valence-electron chi connectivity index (χ0n) is 13.6. The highest BCUT2D eigenvalue weighted by Crippen LogP contribution is 2.38. The molecule has 128 valence electrons. The number of aryl methyl sites for hydroxylation is 1. The molecule has 6 nitrogen and oxygen atoms in total. The zero-order valence-corrected chi connectivity index (χ0v) is 13.6. The molecule has 0 saturated heterocycles. The fourth-order valence-electron chi connectivity index (χ4n) is 3.05. The maximum absolute atomic E-state index is 13.6. The summed E-state index contributed by atoms with van der Waals surface area (Å²) in [7, 11) is 0. The van der Waals surface area contributed by atoms with Crippen molar-refractivity contribution in [1.82, 2.24) is 25.1 Å². The van der Waals surface area contributed by atoms with Crippen molar-refractivity contribution in [2.24, 2.45) is 0 Å². The molecule has 1 N–H and O–H groups in total. The summed E-state index contributed by atoms with van der Waals surface area (Å²) < 4.78 is 28.8. The average Bonchev–Trinajstić information content (AvgIpc) is 2.92. The topological polar surface area (TPSA) is 72.7 Å². The molecule has 0 aliphatic heterocycles. The van der Waals surface area contributed by atoms with Crippen LogP contribution in [0, 0.1) is 6.92 Å². The van der Waals surface area contributed by atoms with Gasteiger partial charge in [0.2, 0.25) is 11.7 Å². The van der Waals surface area contributed by atoms with Gasteiger partial charge in [-0.1, -0.05) is 0 Å². The van der Waals surface area contributed by atoms with E-state index in [4.69, 9.17) is 0 Å². The minimum Gasteiger partial charge on any atom is -0.344 e. The summed E-state index contributed by atoms with van der Waals surface area (Å²) in [6.07, 6.45) is 3.55. The molecule has 2 heterocycles. The minimum atomic E-state index is -2.75. The number of halogens is 2. The minimum absolute atomic E-state index is 0.0595. The fourth-order valence-corrected chi connectivity index (χ4v) is 3.05. The molecule has 0 aromatic carbocycles. The lowest BCUT2D eigenvalue weighted by atomic mass is 9.81. The first-order valence-corrected chi connectivity index (χ1v) is 7.82. The molecule has 1 unspecified atom stereocenters. The predicted molar refractivity (Wildman–Crippen MR) is 83.2 cm³/mol. The maximum atomic E-state index is 13.6. The Morgan fingerprint density at radius 2 is 2.12 bits per heavy atom. The standard InChI is InChI=1S/C16H19F2N5O/c1-11-5-9-23(22-11)12-4-8-19-13(20-12)14(24)21-15(2)6-3-7-16(17,18)10-15/h4-5,8-9H,3,6-7,10H2,1-2H3,(H,21,24). The molecule has 24 heavy (non-hydrogen) atoms. The van der Waals surface area contributed by atoms with Crippen molar-refractivity contribution >= 4 is 5.91 Å². The van der Waals surface area contributed by atoms with Crippen molar-refractivity contribution in [3.63, 3.8) is 0 Å². The lowest BCUT2D eigenvalue weighted by Crippen LogP contribution is -2.52. The second-order valence-electron chi connectivity index (χ2n) is 6.54. The number of carbonyl (C=O) groups excluding carboxylic acids is 1. The third kappa shape index (κ3) is 3.58. The summed E-state index contributed by atoms with van der Waals surface area (Å²) in [5, 5.41) is 6.90. The van der Waals surface area contributed by atoms with E-state index in [0.29, 0.717) is 18.7 Å². The summed E-state index contributed by atoms with van der Waals surface area (Å²) >= 11 is 0. The molecular formula is C16H19F2N5O. The quantitative estimate of drug-likeness (QED) is 0.936. The number of nitrogens with zero attached hydrogens (tertiary/aromatic N) is 4. The van der Waals surface area contributed by atoms with Gasteiger partial charge in [-0.25, -0.2) is 23.4 Å². The Labute approximate surface area is 138 Å². The molecule has 3 rings (SSSR count). The van der Waals surface area contributed by atoms with E-state index >= 15 is 0 Å². The third-order valence-corrected chi connectivity index (χ3v) is 4.14. The summed E-state index contributed by atoms with van der Waals surface area (Å²) in [5.41, 5.74) is -0.142. The molecule has 2 aromatic heterocycles. The molecular weight excluding hydrogens is 316 g/mol. The van der Waals surface area contributed by atoms with Gasteiger partial charge in [0.1, 0.15) is 0 Å².